The Hall–Kier alpha value is -1.52. The molecule has 2 rings (SSSR count). The quantitative estimate of drug-likeness (QED) is 0.625. The first kappa shape index (κ1) is 15.9. The Bertz CT molecular complexity index is 678. The van der Waals surface area contributed by atoms with Crippen molar-refractivity contribution in [1.29, 1.82) is 0 Å². The molecule has 0 radical (unpaired) electrons. The lowest BCUT2D eigenvalue weighted by Crippen LogP contribution is -2.19. The second-order valence-electron chi connectivity index (χ2n) is 4.36. The molecule has 0 fully saturated rings. The van der Waals surface area contributed by atoms with Crippen LogP contribution in [0.15, 0.2) is 11.2 Å². The molecule has 0 aliphatic carbocycles. The highest BCUT2D eigenvalue weighted by molar-refractivity contribution is 7.92. The molecule has 0 aliphatic rings. The molecule has 10 heteroatoms. The Kier molecular flexibility index (Phi) is 5.26. The zero-order valence-electron chi connectivity index (χ0n) is 11.9. The Morgan fingerprint density at radius 3 is 2.81 bits per heavy atom. The fourth-order valence-electron chi connectivity index (χ4n) is 1.66. The van der Waals surface area contributed by atoms with Gasteiger partial charge in [-0.05, 0) is 19.4 Å². The van der Waals surface area contributed by atoms with E-state index in [0.29, 0.717) is 12.1 Å². The molecular formula is C11H18N6O2S2. The fourth-order valence-corrected chi connectivity index (χ4v) is 3.70. The van der Waals surface area contributed by atoms with E-state index in [4.69, 9.17) is 0 Å². The first-order valence-corrected chi connectivity index (χ1v) is 8.95. The summed E-state index contributed by atoms with van der Waals surface area (Å²) in [4.78, 5) is 0. The summed E-state index contributed by atoms with van der Waals surface area (Å²) in [6.07, 6.45) is 3.20. The van der Waals surface area contributed by atoms with Gasteiger partial charge in [-0.2, -0.15) is 13.5 Å². The summed E-state index contributed by atoms with van der Waals surface area (Å²) in [5.41, 5.74) is 0.594. The average molecular weight is 330 g/mol. The number of aromatic nitrogens is 4. The summed E-state index contributed by atoms with van der Waals surface area (Å²) < 4.78 is 27.1. The third-order valence-corrected chi connectivity index (χ3v) is 5.15. The van der Waals surface area contributed by atoms with E-state index in [0.717, 1.165) is 24.4 Å². The van der Waals surface area contributed by atoms with Crippen LogP contribution in [0.1, 0.15) is 30.8 Å². The van der Waals surface area contributed by atoms with Gasteiger partial charge in [-0.25, -0.2) is 0 Å². The maximum atomic E-state index is 12.3. The number of nitrogens with zero attached hydrogens (tertiary/aromatic N) is 3. The number of hydrogen-bond donors (Lipinski definition) is 3. The second kappa shape index (κ2) is 6.96. The number of aromatic amines is 1. The predicted molar refractivity (Wildman–Crippen MR) is 80.7 cm³/mol. The topological polar surface area (TPSA) is 113 Å². The molecule has 2 heterocycles. The standard InChI is InChI=1S/C11H18N6O2S2/c1-3-5-12-6-8-7-13-15-10(8)21(18,19)17-11-16-14-9(4-2)20-11/h7,12H,3-6H2,1-2H3,(H,13,15)(H,16,17). The molecule has 2 aromatic heterocycles. The van der Waals surface area contributed by atoms with E-state index in [1.165, 1.54) is 17.5 Å². The van der Waals surface area contributed by atoms with Crippen molar-refractivity contribution in [2.24, 2.45) is 0 Å². The second-order valence-corrected chi connectivity index (χ2v) is 7.04. The number of H-pyrrole nitrogens is 1. The number of rotatable bonds is 8. The van der Waals surface area contributed by atoms with Gasteiger partial charge in [-0.3, -0.25) is 9.82 Å². The van der Waals surface area contributed by atoms with Crippen LogP contribution in [0.25, 0.3) is 0 Å². The molecule has 0 unspecified atom stereocenters. The molecule has 8 nitrogen and oxygen atoms in total. The third kappa shape index (κ3) is 3.99. The largest absolute Gasteiger partial charge is 0.313 e. The maximum absolute atomic E-state index is 12.3. The van der Waals surface area contributed by atoms with E-state index >= 15 is 0 Å². The van der Waals surface area contributed by atoms with Gasteiger partial charge in [0.05, 0.1) is 6.20 Å². The molecule has 2 aromatic rings. The van der Waals surface area contributed by atoms with E-state index in [1.54, 1.807) is 0 Å². The van der Waals surface area contributed by atoms with E-state index in [1.807, 2.05) is 13.8 Å². The van der Waals surface area contributed by atoms with Gasteiger partial charge < -0.3 is 5.32 Å². The van der Waals surface area contributed by atoms with Crippen molar-refractivity contribution in [3.05, 3.63) is 16.8 Å². The van der Waals surface area contributed by atoms with Crippen LogP contribution in [0.2, 0.25) is 0 Å². The minimum Gasteiger partial charge on any atom is -0.313 e. The molecule has 0 aliphatic heterocycles. The van der Waals surface area contributed by atoms with Gasteiger partial charge >= 0.3 is 0 Å². The fraction of sp³-hybridized carbons (Fsp3) is 0.545. The average Bonchev–Trinajstić information content (AvgIpc) is 3.07. The van der Waals surface area contributed by atoms with Crippen molar-refractivity contribution < 1.29 is 8.42 Å². The molecule has 0 bridgehead atoms. The van der Waals surface area contributed by atoms with Gasteiger partial charge in [0.1, 0.15) is 5.01 Å². The molecule has 0 saturated heterocycles. The van der Waals surface area contributed by atoms with Crippen LogP contribution in [0.4, 0.5) is 5.13 Å². The van der Waals surface area contributed by atoms with E-state index in [-0.39, 0.29) is 10.2 Å². The summed E-state index contributed by atoms with van der Waals surface area (Å²) in [5, 5.41) is 18.3. The molecule has 0 atom stereocenters. The van der Waals surface area contributed by atoms with E-state index in [9.17, 15) is 8.42 Å². The first-order valence-electron chi connectivity index (χ1n) is 6.65. The van der Waals surface area contributed by atoms with Crippen LogP contribution in [0.5, 0.6) is 0 Å². The van der Waals surface area contributed by atoms with Crippen LogP contribution in [0.3, 0.4) is 0 Å². The van der Waals surface area contributed by atoms with Crippen molar-refractivity contribution >= 4 is 26.5 Å². The molecule has 0 amide bonds. The smallest absolute Gasteiger partial charge is 0.280 e. The lowest BCUT2D eigenvalue weighted by atomic mass is 10.3. The van der Waals surface area contributed by atoms with Gasteiger partial charge in [0.25, 0.3) is 10.0 Å². The van der Waals surface area contributed by atoms with E-state index in [2.05, 4.69) is 30.4 Å². The van der Waals surface area contributed by atoms with E-state index < -0.39 is 10.0 Å². The zero-order valence-corrected chi connectivity index (χ0v) is 13.5. The van der Waals surface area contributed by atoms with Gasteiger partial charge in [-0.1, -0.05) is 25.2 Å². The van der Waals surface area contributed by atoms with Gasteiger partial charge in [-0.15, -0.1) is 10.2 Å². The summed E-state index contributed by atoms with van der Waals surface area (Å²) in [5.74, 6) is 0. The highest BCUT2D eigenvalue weighted by Gasteiger charge is 2.22. The van der Waals surface area contributed by atoms with Crippen LogP contribution in [-0.2, 0) is 23.0 Å². The monoisotopic (exact) mass is 330 g/mol. The number of aryl methyl sites for hydroxylation is 1. The molecular weight excluding hydrogens is 312 g/mol. The van der Waals surface area contributed by atoms with Crippen LogP contribution in [0, 0.1) is 0 Å². The Labute approximate surface area is 127 Å². The summed E-state index contributed by atoms with van der Waals surface area (Å²) in [7, 11) is -3.73. The predicted octanol–water partition coefficient (Wildman–Crippen LogP) is 1.12. The Morgan fingerprint density at radius 1 is 1.33 bits per heavy atom. The van der Waals surface area contributed by atoms with Crippen LogP contribution < -0.4 is 10.0 Å². The molecule has 0 saturated carbocycles. The SMILES string of the molecule is CCCNCc1cn[nH]c1S(=O)(=O)Nc1nnc(CC)s1. The van der Waals surface area contributed by atoms with Crippen molar-refractivity contribution in [2.45, 2.75) is 38.3 Å². The summed E-state index contributed by atoms with van der Waals surface area (Å²) >= 11 is 1.22. The lowest BCUT2D eigenvalue weighted by Gasteiger charge is -2.06. The number of hydrogen-bond acceptors (Lipinski definition) is 7. The molecule has 116 valence electrons. The zero-order chi connectivity index (χ0) is 15.3. The summed E-state index contributed by atoms with van der Waals surface area (Å²) in [6, 6.07) is 0. The minimum absolute atomic E-state index is 0.0550. The van der Waals surface area contributed by atoms with Crippen molar-refractivity contribution in [1.82, 2.24) is 25.7 Å². The number of anilines is 1. The first-order chi connectivity index (χ1) is 10.1. The minimum atomic E-state index is -3.73. The lowest BCUT2D eigenvalue weighted by molar-refractivity contribution is 0.593. The van der Waals surface area contributed by atoms with Crippen molar-refractivity contribution in [3.63, 3.8) is 0 Å². The third-order valence-electron chi connectivity index (χ3n) is 2.68. The molecule has 3 N–H and O–H groups in total. The molecule has 0 aromatic carbocycles. The van der Waals surface area contributed by atoms with Crippen LogP contribution in [-0.4, -0.2) is 35.4 Å². The molecule has 21 heavy (non-hydrogen) atoms. The van der Waals surface area contributed by atoms with Gasteiger partial charge in [0.15, 0.2) is 5.03 Å². The number of nitrogens with one attached hydrogen (secondary N) is 3. The highest BCUT2D eigenvalue weighted by Crippen LogP contribution is 2.20. The highest BCUT2D eigenvalue weighted by atomic mass is 32.2. The maximum Gasteiger partial charge on any atom is 0.280 e. The van der Waals surface area contributed by atoms with Crippen LogP contribution >= 0.6 is 11.3 Å². The Balaban J connectivity index is 2.13. The summed E-state index contributed by atoms with van der Waals surface area (Å²) in [6.45, 7) is 5.23. The number of sulfonamides is 1. The normalized spacial score (nSPS) is 11.7. The van der Waals surface area contributed by atoms with Gasteiger partial charge in [0, 0.05) is 12.1 Å². The van der Waals surface area contributed by atoms with Crippen molar-refractivity contribution in [3.8, 4) is 0 Å². The Morgan fingerprint density at radius 2 is 2.14 bits per heavy atom. The van der Waals surface area contributed by atoms with Crippen molar-refractivity contribution in [2.75, 3.05) is 11.3 Å². The van der Waals surface area contributed by atoms with Gasteiger partial charge in [0.2, 0.25) is 5.13 Å². The molecule has 0 spiro atoms.